The van der Waals surface area contributed by atoms with Crippen molar-refractivity contribution < 1.29 is 8.42 Å². The second kappa shape index (κ2) is 5.68. The van der Waals surface area contributed by atoms with E-state index in [0.29, 0.717) is 11.1 Å². The van der Waals surface area contributed by atoms with Gasteiger partial charge in [0.2, 0.25) is 0 Å². The first-order valence-corrected chi connectivity index (χ1v) is 7.93. The van der Waals surface area contributed by atoms with E-state index in [9.17, 15) is 8.42 Å². The molecule has 1 aromatic carbocycles. The molecule has 2 rings (SSSR count). The van der Waals surface area contributed by atoms with Gasteiger partial charge in [-0.3, -0.25) is 0 Å². The molecule has 21 heavy (non-hydrogen) atoms. The number of sulfonamides is 1. The van der Waals surface area contributed by atoms with Gasteiger partial charge in [-0.05, 0) is 49.2 Å². The standard InChI is InChI=1S/C12H18N6O2S/c1-5-13-10-6-8(2)11(9(3)7-10)21(19,20)16-12-14-17-18(4)15-12/h6-7,13H,5H2,1-4H3,(H,15,16). The first-order valence-electron chi connectivity index (χ1n) is 6.45. The highest BCUT2D eigenvalue weighted by Crippen LogP contribution is 2.25. The first kappa shape index (κ1) is 15.2. The van der Waals surface area contributed by atoms with Gasteiger partial charge in [0, 0.05) is 12.2 Å². The van der Waals surface area contributed by atoms with Crippen LogP contribution in [-0.4, -0.2) is 35.2 Å². The SMILES string of the molecule is CCNc1cc(C)c(S(=O)(=O)Nc2nnn(C)n2)c(C)c1. The summed E-state index contributed by atoms with van der Waals surface area (Å²) in [6.07, 6.45) is 0. The maximum atomic E-state index is 12.5. The number of hydrogen-bond donors (Lipinski definition) is 2. The summed E-state index contributed by atoms with van der Waals surface area (Å²) >= 11 is 0. The van der Waals surface area contributed by atoms with Gasteiger partial charge in [0.25, 0.3) is 16.0 Å². The molecule has 2 aromatic rings. The number of aromatic nitrogens is 4. The van der Waals surface area contributed by atoms with Crippen LogP contribution in [0.15, 0.2) is 17.0 Å². The maximum Gasteiger partial charge on any atom is 0.277 e. The van der Waals surface area contributed by atoms with E-state index in [4.69, 9.17) is 0 Å². The van der Waals surface area contributed by atoms with E-state index in [-0.39, 0.29) is 10.8 Å². The summed E-state index contributed by atoms with van der Waals surface area (Å²) in [7, 11) is -2.19. The minimum Gasteiger partial charge on any atom is -0.385 e. The molecule has 0 amide bonds. The van der Waals surface area contributed by atoms with E-state index >= 15 is 0 Å². The zero-order chi connectivity index (χ0) is 15.6. The van der Waals surface area contributed by atoms with Crippen LogP contribution in [0.1, 0.15) is 18.1 Å². The van der Waals surface area contributed by atoms with Gasteiger partial charge < -0.3 is 5.32 Å². The minimum absolute atomic E-state index is 0.0490. The molecule has 8 nitrogen and oxygen atoms in total. The van der Waals surface area contributed by atoms with Gasteiger partial charge in [-0.15, -0.1) is 5.10 Å². The van der Waals surface area contributed by atoms with Crippen molar-refractivity contribution in [1.82, 2.24) is 20.2 Å². The molecule has 0 aliphatic rings. The number of rotatable bonds is 5. The maximum absolute atomic E-state index is 12.5. The quantitative estimate of drug-likeness (QED) is 0.856. The van der Waals surface area contributed by atoms with Gasteiger partial charge in [0.1, 0.15) is 0 Å². The number of nitrogens with one attached hydrogen (secondary N) is 2. The zero-order valence-corrected chi connectivity index (χ0v) is 13.2. The van der Waals surface area contributed by atoms with E-state index in [0.717, 1.165) is 12.2 Å². The van der Waals surface area contributed by atoms with Crippen LogP contribution in [0.2, 0.25) is 0 Å². The fraction of sp³-hybridized carbons (Fsp3) is 0.417. The van der Waals surface area contributed by atoms with Crippen molar-refractivity contribution >= 4 is 21.7 Å². The van der Waals surface area contributed by atoms with Crippen LogP contribution in [0.3, 0.4) is 0 Å². The summed E-state index contributed by atoms with van der Waals surface area (Å²) < 4.78 is 27.3. The molecule has 0 saturated carbocycles. The highest BCUT2D eigenvalue weighted by molar-refractivity contribution is 7.92. The highest BCUT2D eigenvalue weighted by Gasteiger charge is 2.22. The predicted molar refractivity (Wildman–Crippen MR) is 79.7 cm³/mol. The summed E-state index contributed by atoms with van der Waals surface area (Å²) in [4.78, 5) is 1.42. The van der Waals surface area contributed by atoms with Gasteiger partial charge in [-0.25, -0.2) is 13.1 Å². The lowest BCUT2D eigenvalue weighted by Crippen LogP contribution is -2.17. The van der Waals surface area contributed by atoms with Gasteiger partial charge in [-0.2, -0.15) is 4.80 Å². The molecule has 0 fully saturated rings. The van der Waals surface area contributed by atoms with Crippen LogP contribution in [0.25, 0.3) is 0 Å². The lowest BCUT2D eigenvalue weighted by atomic mass is 10.1. The minimum atomic E-state index is -3.75. The molecule has 114 valence electrons. The predicted octanol–water partition coefficient (Wildman–Crippen LogP) is 1.06. The monoisotopic (exact) mass is 310 g/mol. The van der Waals surface area contributed by atoms with Crippen LogP contribution >= 0.6 is 0 Å². The second-order valence-corrected chi connectivity index (χ2v) is 6.30. The Morgan fingerprint density at radius 1 is 1.24 bits per heavy atom. The van der Waals surface area contributed by atoms with Crippen molar-refractivity contribution in [2.24, 2.45) is 7.05 Å². The highest BCUT2D eigenvalue weighted by atomic mass is 32.2. The molecular weight excluding hydrogens is 292 g/mol. The van der Waals surface area contributed by atoms with Crippen LogP contribution < -0.4 is 10.0 Å². The lowest BCUT2D eigenvalue weighted by Gasteiger charge is -2.13. The molecule has 0 bridgehead atoms. The second-order valence-electron chi connectivity index (χ2n) is 4.68. The van der Waals surface area contributed by atoms with Crippen molar-refractivity contribution in [2.45, 2.75) is 25.7 Å². The summed E-state index contributed by atoms with van der Waals surface area (Å²) in [5.74, 6) is -0.0490. The molecule has 0 atom stereocenters. The number of anilines is 2. The van der Waals surface area contributed by atoms with Crippen molar-refractivity contribution in [3.63, 3.8) is 0 Å². The number of tetrazole rings is 1. The molecule has 0 aliphatic heterocycles. The Balaban J connectivity index is 2.40. The molecule has 1 aromatic heterocycles. The van der Waals surface area contributed by atoms with Crippen LogP contribution in [0, 0.1) is 13.8 Å². The molecule has 9 heteroatoms. The Hall–Kier alpha value is -2.16. The molecule has 2 N–H and O–H groups in total. The van der Waals surface area contributed by atoms with E-state index in [1.807, 2.05) is 6.92 Å². The summed E-state index contributed by atoms with van der Waals surface area (Å²) in [5.41, 5.74) is 2.20. The molecule has 0 unspecified atom stereocenters. The number of nitrogens with zero attached hydrogens (tertiary/aromatic N) is 4. The Morgan fingerprint density at radius 3 is 2.33 bits per heavy atom. The fourth-order valence-electron chi connectivity index (χ4n) is 2.18. The van der Waals surface area contributed by atoms with Gasteiger partial charge in [0.15, 0.2) is 0 Å². The van der Waals surface area contributed by atoms with E-state index < -0.39 is 10.0 Å². The van der Waals surface area contributed by atoms with Gasteiger partial charge in [0.05, 0.1) is 11.9 Å². The lowest BCUT2D eigenvalue weighted by molar-refractivity contribution is 0.599. The van der Waals surface area contributed by atoms with E-state index in [2.05, 4.69) is 25.4 Å². The number of aryl methyl sites for hydroxylation is 3. The third-order valence-corrected chi connectivity index (χ3v) is 4.48. The molecular formula is C12H18N6O2S. The van der Waals surface area contributed by atoms with Crippen molar-refractivity contribution in [3.05, 3.63) is 23.3 Å². The van der Waals surface area contributed by atoms with Crippen LogP contribution in [0.4, 0.5) is 11.6 Å². The summed E-state index contributed by atoms with van der Waals surface area (Å²) in [6.45, 7) is 6.27. The third kappa shape index (κ3) is 3.30. The molecule has 0 radical (unpaired) electrons. The molecule has 0 saturated heterocycles. The Kier molecular flexibility index (Phi) is 4.12. The number of hydrogen-bond acceptors (Lipinski definition) is 6. The van der Waals surface area contributed by atoms with Crippen LogP contribution in [0.5, 0.6) is 0 Å². The average molecular weight is 310 g/mol. The van der Waals surface area contributed by atoms with Crippen LogP contribution in [-0.2, 0) is 17.1 Å². The zero-order valence-electron chi connectivity index (χ0n) is 12.4. The number of benzene rings is 1. The summed E-state index contributed by atoms with van der Waals surface area (Å²) in [5, 5.41) is 14.2. The third-order valence-electron chi connectivity index (χ3n) is 2.84. The Bertz CT molecular complexity index is 730. The molecule has 0 aliphatic carbocycles. The smallest absolute Gasteiger partial charge is 0.277 e. The van der Waals surface area contributed by atoms with Crippen molar-refractivity contribution in [2.75, 3.05) is 16.6 Å². The topological polar surface area (TPSA) is 102 Å². The van der Waals surface area contributed by atoms with Gasteiger partial charge in [-0.1, -0.05) is 5.10 Å². The molecule has 1 heterocycles. The fourth-order valence-corrected chi connectivity index (χ4v) is 3.57. The van der Waals surface area contributed by atoms with E-state index in [1.165, 1.54) is 4.80 Å². The normalized spacial score (nSPS) is 11.4. The first-order chi connectivity index (χ1) is 9.83. The summed E-state index contributed by atoms with van der Waals surface area (Å²) in [6, 6.07) is 3.60. The molecule has 0 spiro atoms. The van der Waals surface area contributed by atoms with Crippen molar-refractivity contribution in [3.8, 4) is 0 Å². The van der Waals surface area contributed by atoms with E-state index in [1.54, 1.807) is 33.0 Å². The Labute approximate surface area is 123 Å². The van der Waals surface area contributed by atoms with Gasteiger partial charge >= 0.3 is 0 Å². The Morgan fingerprint density at radius 2 is 1.86 bits per heavy atom. The van der Waals surface area contributed by atoms with Crippen molar-refractivity contribution in [1.29, 1.82) is 0 Å². The average Bonchev–Trinajstić information content (AvgIpc) is 2.72. The largest absolute Gasteiger partial charge is 0.385 e.